The Morgan fingerprint density at radius 2 is 0.632 bits per heavy atom. The molecule has 2 heteroatoms. The summed E-state index contributed by atoms with van der Waals surface area (Å²) in [5, 5.41) is 0. The summed E-state index contributed by atoms with van der Waals surface area (Å²) in [7, 11) is 0. The van der Waals surface area contributed by atoms with Gasteiger partial charge >= 0.3 is 0 Å². The number of hydrogen-bond donors (Lipinski definition) is 0. The minimum Gasteiger partial charge on any atom is -0.378 e. The van der Waals surface area contributed by atoms with Crippen LogP contribution < -0.4 is 0 Å². The third-order valence-corrected chi connectivity index (χ3v) is 8.34. The fourth-order valence-electron chi connectivity index (χ4n) is 5.59. The van der Waals surface area contributed by atoms with E-state index in [1.54, 1.807) is 0 Å². The second kappa shape index (κ2) is 33.1. The Balaban J connectivity index is 3.82. The van der Waals surface area contributed by atoms with Gasteiger partial charge in [-0.3, -0.25) is 0 Å². The van der Waals surface area contributed by atoms with Crippen molar-refractivity contribution in [2.24, 2.45) is 0 Å². The molecule has 0 aromatic heterocycles. The Morgan fingerprint density at radius 1 is 0.316 bits per heavy atom. The Labute approximate surface area is 242 Å². The molecule has 0 fully saturated rings. The average molecular weight is 539 g/mol. The van der Waals surface area contributed by atoms with Crippen LogP contribution in [0.4, 0.5) is 0 Å². The number of ether oxygens (including phenoxy) is 2. The summed E-state index contributed by atoms with van der Waals surface area (Å²) in [6, 6.07) is 0. The predicted molar refractivity (Wildman–Crippen MR) is 171 cm³/mol. The van der Waals surface area contributed by atoms with E-state index in [0.29, 0.717) is 12.2 Å². The molecule has 0 spiro atoms. The van der Waals surface area contributed by atoms with E-state index in [1.807, 2.05) is 0 Å². The van der Waals surface area contributed by atoms with Crippen LogP contribution in [0, 0.1) is 0 Å². The Bertz CT molecular complexity index is 410. The van der Waals surface area contributed by atoms with Crippen LogP contribution in [0.2, 0.25) is 0 Å². The molecular weight excluding hydrogens is 464 g/mol. The molecule has 0 saturated carbocycles. The van der Waals surface area contributed by atoms with Gasteiger partial charge in [0.15, 0.2) is 0 Å². The van der Waals surface area contributed by atoms with Crippen molar-refractivity contribution in [3.8, 4) is 0 Å². The van der Waals surface area contributed by atoms with Crippen molar-refractivity contribution in [2.75, 3.05) is 13.2 Å². The average Bonchev–Trinajstić information content (AvgIpc) is 2.93. The summed E-state index contributed by atoms with van der Waals surface area (Å²) in [6.45, 7) is 11.1. The van der Waals surface area contributed by atoms with Gasteiger partial charge in [0, 0.05) is 13.2 Å². The molecule has 0 aliphatic rings. The van der Waals surface area contributed by atoms with Gasteiger partial charge in [-0.25, -0.2) is 0 Å². The molecule has 38 heavy (non-hydrogen) atoms. The molecule has 2 atom stereocenters. The highest BCUT2D eigenvalue weighted by atomic mass is 16.5. The fraction of sp³-hybridized carbons (Fsp3) is 1.00. The molecule has 0 N–H and O–H groups in total. The summed E-state index contributed by atoms with van der Waals surface area (Å²) in [5.74, 6) is 0. The molecule has 0 aliphatic carbocycles. The molecule has 2 unspecified atom stereocenters. The van der Waals surface area contributed by atoms with Crippen LogP contribution in [0.1, 0.15) is 207 Å². The zero-order valence-electron chi connectivity index (χ0n) is 27.2. The highest BCUT2D eigenvalue weighted by Gasteiger charge is 2.12. The summed E-state index contributed by atoms with van der Waals surface area (Å²) < 4.78 is 12.7. The van der Waals surface area contributed by atoms with E-state index in [9.17, 15) is 0 Å². The lowest BCUT2D eigenvalue weighted by molar-refractivity contribution is 0.0206. The Morgan fingerprint density at radius 3 is 1.05 bits per heavy atom. The van der Waals surface area contributed by atoms with Gasteiger partial charge in [-0.15, -0.1) is 0 Å². The highest BCUT2D eigenvalue weighted by molar-refractivity contribution is 4.63. The van der Waals surface area contributed by atoms with Gasteiger partial charge in [0.25, 0.3) is 0 Å². The molecule has 0 amide bonds. The smallest absolute Gasteiger partial charge is 0.0575 e. The van der Waals surface area contributed by atoms with Gasteiger partial charge in [-0.1, -0.05) is 163 Å². The van der Waals surface area contributed by atoms with Gasteiger partial charge in [0.1, 0.15) is 0 Å². The first-order valence-electron chi connectivity index (χ1n) is 18.0. The van der Waals surface area contributed by atoms with E-state index in [1.165, 1.54) is 173 Å². The van der Waals surface area contributed by atoms with E-state index >= 15 is 0 Å². The van der Waals surface area contributed by atoms with Gasteiger partial charge in [0.2, 0.25) is 0 Å². The molecule has 0 aromatic carbocycles. The van der Waals surface area contributed by atoms with Gasteiger partial charge in [-0.05, 0) is 44.9 Å². The molecule has 0 saturated heterocycles. The summed E-state index contributed by atoms with van der Waals surface area (Å²) >= 11 is 0. The van der Waals surface area contributed by atoms with Crippen molar-refractivity contribution in [1.29, 1.82) is 0 Å². The minimum absolute atomic E-state index is 0.451. The van der Waals surface area contributed by atoms with E-state index in [2.05, 4.69) is 27.7 Å². The van der Waals surface area contributed by atoms with Crippen molar-refractivity contribution >= 4 is 0 Å². The van der Waals surface area contributed by atoms with Crippen LogP contribution in [0.25, 0.3) is 0 Å². The third kappa shape index (κ3) is 28.9. The van der Waals surface area contributed by atoms with Crippen molar-refractivity contribution in [3.05, 3.63) is 0 Å². The minimum atomic E-state index is 0.451. The van der Waals surface area contributed by atoms with E-state index in [0.717, 1.165) is 19.6 Å². The zero-order valence-corrected chi connectivity index (χ0v) is 27.2. The third-order valence-electron chi connectivity index (χ3n) is 8.34. The maximum absolute atomic E-state index is 6.41. The SMILES string of the molecule is CCCCCCCCCCCCOC(CC)CCCC(CCCCC)OCCCCCCCCCCCC. The van der Waals surface area contributed by atoms with Gasteiger partial charge < -0.3 is 9.47 Å². The summed E-state index contributed by atoms with van der Waals surface area (Å²) in [4.78, 5) is 0. The molecule has 0 aromatic rings. The highest BCUT2D eigenvalue weighted by Crippen LogP contribution is 2.18. The molecule has 0 rings (SSSR count). The standard InChI is InChI=1S/C36H74O2/c1-5-9-12-14-16-18-20-22-24-27-33-37-35(8-4)31-29-32-36(30-26-11-7-3)38-34-28-25-23-21-19-17-15-13-10-6-2/h35-36H,5-34H2,1-4H3. The van der Waals surface area contributed by atoms with Crippen LogP contribution in [-0.4, -0.2) is 25.4 Å². The van der Waals surface area contributed by atoms with Crippen molar-refractivity contribution in [3.63, 3.8) is 0 Å². The monoisotopic (exact) mass is 539 g/mol. The summed E-state index contributed by atoms with van der Waals surface area (Å²) in [5.41, 5.74) is 0. The van der Waals surface area contributed by atoms with Crippen molar-refractivity contribution < 1.29 is 9.47 Å². The maximum Gasteiger partial charge on any atom is 0.0575 e. The quantitative estimate of drug-likeness (QED) is 0.0773. The topological polar surface area (TPSA) is 18.5 Å². The van der Waals surface area contributed by atoms with Crippen molar-refractivity contribution in [1.82, 2.24) is 0 Å². The van der Waals surface area contributed by atoms with E-state index in [-0.39, 0.29) is 0 Å². The fourth-order valence-corrected chi connectivity index (χ4v) is 5.59. The second-order valence-corrected chi connectivity index (χ2v) is 12.2. The van der Waals surface area contributed by atoms with Crippen LogP contribution in [0.3, 0.4) is 0 Å². The zero-order chi connectivity index (χ0) is 27.8. The first-order valence-corrected chi connectivity index (χ1v) is 18.0. The Kier molecular flexibility index (Phi) is 33.1. The van der Waals surface area contributed by atoms with Crippen LogP contribution in [-0.2, 0) is 9.47 Å². The normalized spacial score (nSPS) is 13.3. The summed E-state index contributed by atoms with van der Waals surface area (Å²) in [6.07, 6.45) is 38.9. The van der Waals surface area contributed by atoms with Gasteiger partial charge in [0.05, 0.1) is 12.2 Å². The lowest BCUT2D eigenvalue weighted by atomic mass is 10.0. The first-order chi connectivity index (χ1) is 18.8. The number of hydrogen-bond acceptors (Lipinski definition) is 2. The molecule has 0 radical (unpaired) electrons. The second-order valence-electron chi connectivity index (χ2n) is 12.2. The molecular formula is C36H74O2. The predicted octanol–water partition coefficient (Wildman–Crippen LogP) is 12.8. The molecule has 0 heterocycles. The van der Waals surface area contributed by atoms with Crippen molar-refractivity contribution in [2.45, 2.75) is 220 Å². The number of unbranched alkanes of at least 4 members (excludes halogenated alkanes) is 20. The van der Waals surface area contributed by atoms with Crippen LogP contribution in [0.15, 0.2) is 0 Å². The Hall–Kier alpha value is -0.0800. The van der Waals surface area contributed by atoms with Gasteiger partial charge in [-0.2, -0.15) is 0 Å². The van der Waals surface area contributed by atoms with Crippen LogP contribution in [0.5, 0.6) is 0 Å². The van der Waals surface area contributed by atoms with Crippen LogP contribution >= 0.6 is 0 Å². The number of rotatable bonds is 33. The molecule has 2 nitrogen and oxygen atoms in total. The van der Waals surface area contributed by atoms with E-state index < -0.39 is 0 Å². The lowest BCUT2D eigenvalue weighted by Gasteiger charge is -2.20. The first kappa shape index (κ1) is 37.9. The van der Waals surface area contributed by atoms with E-state index in [4.69, 9.17) is 9.47 Å². The molecule has 230 valence electrons. The lowest BCUT2D eigenvalue weighted by Crippen LogP contribution is -2.17. The molecule has 0 bridgehead atoms. The largest absolute Gasteiger partial charge is 0.378 e. The maximum atomic E-state index is 6.41. The molecule has 0 aliphatic heterocycles.